The van der Waals surface area contributed by atoms with E-state index in [2.05, 4.69) is 0 Å². The molecule has 0 unspecified atom stereocenters. The highest BCUT2D eigenvalue weighted by Gasteiger charge is 2.27. The highest BCUT2D eigenvalue weighted by Crippen LogP contribution is 2.26. The minimum absolute atomic E-state index is 0.342. The number of nitrogens with zero attached hydrogens (tertiary/aromatic N) is 1. The first-order valence-electron chi connectivity index (χ1n) is 6.63. The maximum absolute atomic E-state index is 12.7. The van der Waals surface area contributed by atoms with Crippen LogP contribution in [0.2, 0.25) is 0 Å². The van der Waals surface area contributed by atoms with E-state index in [0.29, 0.717) is 23.9 Å². The van der Waals surface area contributed by atoms with E-state index < -0.39 is 10.0 Å². The molecule has 0 aromatic heterocycles. The molecule has 1 aromatic carbocycles. The van der Waals surface area contributed by atoms with Crippen molar-refractivity contribution in [2.24, 2.45) is 0 Å². The SMILES string of the molecule is Cc1cc(C)c(S(=O)(=O)N2CCCCC2)cc1CCl. The number of benzene rings is 1. The van der Waals surface area contributed by atoms with Crippen molar-refractivity contribution in [2.75, 3.05) is 13.1 Å². The second kappa shape index (κ2) is 5.81. The fourth-order valence-electron chi connectivity index (χ4n) is 2.54. The van der Waals surface area contributed by atoms with Crippen LogP contribution in [-0.4, -0.2) is 25.8 Å². The lowest BCUT2D eigenvalue weighted by molar-refractivity contribution is 0.346. The largest absolute Gasteiger partial charge is 0.243 e. The van der Waals surface area contributed by atoms with E-state index >= 15 is 0 Å². The molecule has 1 heterocycles. The summed E-state index contributed by atoms with van der Waals surface area (Å²) in [6.45, 7) is 5.07. The van der Waals surface area contributed by atoms with E-state index in [0.717, 1.165) is 36.0 Å². The summed E-state index contributed by atoms with van der Waals surface area (Å²) in [5.41, 5.74) is 2.74. The van der Waals surface area contributed by atoms with Gasteiger partial charge in [-0.15, -0.1) is 11.6 Å². The molecule has 2 rings (SSSR count). The molecule has 19 heavy (non-hydrogen) atoms. The van der Waals surface area contributed by atoms with Crippen molar-refractivity contribution in [3.63, 3.8) is 0 Å². The lowest BCUT2D eigenvalue weighted by Gasteiger charge is -2.27. The molecule has 0 radical (unpaired) electrons. The van der Waals surface area contributed by atoms with Crippen LogP contribution in [0.1, 0.15) is 36.0 Å². The summed E-state index contributed by atoms with van der Waals surface area (Å²) in [6.07, 6.45) is 3.02. The summed E-state index contributed by atoms with van der Waals surface area (Å²) < 4.78 is 26.9. The van der Waals surface area contributed by atoms with Crippen LogP contribution in [0.15, 0.2) is 17.0 Å². The van der Waals surface area contributed by atoms with E-state index in [1.165, 1.54) is 0 Å². The third kappa shape index (κ3) is 2.96. The van der Waals surface area contributed by atoms with Gasteiger partial charge in [0.25, 0.3) is 0 Å². The van der Waals surface area contributed by atoms with E-state index in [4.69, 9.17) is 11.6 Å². The van der Waals surface area contributed by atoms with Crippen molar-refractivity contribution >= 4 is 21.6 Å². The van der Waals surface area contributed by atoms with Gasteiger partial charge < -0.3 is 0 Å². The third-order valence-electron chi connectivity index (χ3n) is 3.71. The van der Waals surface area contributed by atoms with E-state index in [9.17, 15) is 8.42 Å². The molecule has 3 nitrogen and oxygen atoms in total. The summed E-state index contributed by atoms with van der Waals surface area (Å²) in [6, 6.07) is 3.65. The summed E-state index contributed by atoms with van der Waals surface area (Å²) in [5, 5.41) is 0. The molecule has 1 aromatic rings. The Balaban J connectivity index is 2.44. The van der Waals surface area contributed by atoms with Gasteiger partial charge >= 0.3 is 0 Å². The fraction of sp³-hybridized carbons (Fsp3) is 0.571. The summed E-state index contributed by atoms with van der Waals surface area (Å²) in [4.78, 5) is 0.413. The number of halogens is 1. The molecule has 0 atom stereocenters. The Morgan fingerprint density at radius 3 is 2.32 bits per heavy atom. The monoisotopic (exact) mass is 301 g/mol. The molecule has 0 amide bonds. The van der Waals surface area contributed by atoms with Crippen LogP contribution in [-0.2, 0) is 15.9 Å². The number of alkyl halides is 1. The van der Waals surface area contributed by atoms with Gasteiger partial charge in [-0.25, -0.2) is 8.42 Å². The molecule has 0 saturated carbocycles. The van der Waals surface area contributed by atoms with Crippen LogP contribution in [0.5, 0.6) is 0 Å². The first-order valence-corrected chi connectivity index (χ1v) is 8.60. The van der Waals surface area contributed by atoms with Crippen LogP contribution < -0.4 is 0 Å². The fourth-order valence-corrected chi connectivity index (χ4v) is 4.60. The Morgan fingerprint density at radius 2 is 1.74 bits per heavy atom. The lowest BCUT2D eigenvalue weighted by Crippen LogP contribution is -2.36. The molecule has 1 saturated heterocycles. The standard InChI is InChI=1S/C14H20ClNO2S/c1-11-8-12(2)14(9-13(11)10-15)19(17,18)16-6-4-3-5-7-16/h8-9H,3-7,10H2,1-2H3. The summed E-state index contributed by atoms with van der Waals surface area (Å²) >= 11 is 5.88. The van der Waals surface area contributed by atoms with Crippen molar-refractivity contribution < 1.29 is 8.42 Å². The number of piperidine rings is 1. The van der Waals surface area contributed by atoms with Gasteiger partial charge in [0, 0.05) is 19.0 Å². The predicted octanol–water partition coefficient (Wildman–Crippen LogP) is 3.22. The minimum atomic E-state index is -3.37. The number of rotatable bonds is 3. The number of hydrogen-bond acceptors (Lipinski definition) is 2. The van der Waals surface area contributed by atoms with E-state index in [1.54, 1.807) is 10.4 Å². The normalized spacial score (nSPS) is 17.6. The molecule has 0 N–H and O–H groups in total. The Labute approximate surface area is 120 Å². The maximum atomic E-state index is 12.7. The van der Waals surface area contributed by atoms with Crippen LogP contribution in [0.25, 0.3) is 0 Å². The van der Waals surface area contributed by atoms with Crippen LogP contribution >= 0.6 is 11.6 Å². The maximum Gasteiger partial charge on any atom is 0.243 e. The topological polar surface area (TPSA) is 37.4 Å². The van der Waals surface area contributed by atoms with Crippen molar-refractivity contribution in [1.29, 1.82) is 0 Å². The molecular formula is C14H20ClNO2S. The second-order valence-electron chi connectivity index (χ2n) is 5.14. The Kier molecular flexibility index (Phi) is 4.54. The van der Waals surface area contributed by atoms with Gasteiger partial charge in [0.2, 0.25) is 10.0 Å². The third-order valence-corrected chi connectivity index (χ3v) is 6.04. The minimum Gasteiger partial charge on any atom is -0.207 e. The highest BCUT2D eigenvalue weighted by atomic mass is 35.5. The van der Waals surface area contributed by atoms with Crippen molar-refractivity contribution in [3.8, 4) is 0 Å². The first-order chi connectivity index (χ1) is 8.96. The van der Waals surface area contributed by atoms with Crippen LogP contribution in [0.3, 0.4) is 0 Å². The summed E-state index contributed by atoms with van der Waals surface area (Å²) in [7, 11) is -3.37. The van der Waals surface area contributed by atoms with E-state index in [-0.39, 0.29) is 0 Å². The molecule has 1 fully saturated rings. The van der Waals surface area contributed by atoms with Gasteiger partial charge in [0.05, 0.1) is 4.90 Å². The number of sulfonamides is 1. The van der Waals surface area contributed by atoms with Crippen molar-refractivity contribution in [3.05, 3.63) is 28.8 Å². The molecule has 0 spiro atoms. The predicted molar refractivity (Wildman–Crippen MR) is 78.1 cm³/mol. The number of hydrogen-bond donors (Lipinski definition) is 0. The Hall–Kier alpha value is -0.580. The molecule has 1 aliphatic heterocycles. The molecule has 0 aliphatic carbocycles. The molecular weight excluding hydrogens is 282 g/mol. The molecule has 1 aliphatic rings. The lowest BCUT2D eigenvalue weighted by atomic mass is 10.1. The zero-order valence-corrected chi connectivity index (χ0v) is 13.0. The Bertz CT molecular complexity index is 563. The average molecular weight is 302 g/mol. The van der Waals surface area contributed by atoms with Gasteiger partial charge in [-0.05, 0) is 49.4 Å². The number of aryl methyl sites for hydroxylation is 2. The molecule has 0 bridgehead atoms. The first kappa shape index (κ1) is 14.8. The molecule has 106 valence electrons. The van der Waals surface area contributed by atoms with Crippen molar-refractivity contribution in [1.82, 2.24) is 4.31 Å². The van der Waals surface area contributed by atoms with Gasteiger partial charge in [-0.1, -0.05) is 12.5 Å². The Morgan fingerprint density at radius 1 is 1.11 bits per heavy atom. The van der Waals surface area contributed by atoms with E-state index in [1.807, 2.05) is 19.9 Å². The van der Waals surface area contributed by atoms with Crippen LogP contribution in [0.4, 0.5) is 0 Å². The quantitative estimate of drug-likeness (QED) is 0.804. The second-order valence-corrected chi connectivity index (χ2v) is 7.32. The molecule has 5 heteroatoms. The van der Waals surface area contributed by atoms with Crippen LogP contribution in [0, 0.1) is 13.8 Å². The van der Waals surface area contributed by atoms with Gasteiger partial charge in [0.15, 0.2) is 0 Å². The van der Waals surface area contributed by atoms with Crippen molar-refractivity contribution in [2.45, 2.75) is 43.9 Å². The zero-order chi connectivity index (χ0) is 14.0. The van der Waals surface area contributed by atoms with Gasteiger partial charge in [0.1, 0.15) is 0 Å². The van der Waals surface area contributed by atoms with Gasteiger partial charge in [-0.2, -0.15) is 4.31 Å². The van der Waals surface area contributed by atoms with Gasteiger partial charge in [-0.3, -0.25) is 0 Å². The zero-order valence-electron chi connectivity index (χ0n) is 11.4. The smallest absolute Gasteiger partial charge is 0.207 e. The average Bonchev–Trinajstić information content (AvgIpc) is 2.39. The highest BCUT2D eigenvalue weighted by molar-refractivity contribution is 7.89. The summed E-state index contributed by atoms with van der Waals surface area (Å²) in [5.74, 6) is 0.342.